The van der Waals surface area contributed by atoms with E-state index in [9.17, 15) is 9.59 Å². The zero-order valence-corrected chi connectivity index (χ0v) is 14.2. The minimum absolute atomic E-state index is 0.175. The van der Waals surface area contributed by atoms with E-state index in [1.807, 2.05) is 18.2 Å². The van der Waals surface area contributed by atoms with Crippen LogP contribution in [-0.2, 0) is 0 Å². The number of carbonyl (C=O) groups is 2. The van der Waals surface area contributed by atoms with Crippen molar-refractivity contribution in [3.8, 4) is 5.75 Å². The summed E-state index contributed by atoms with van der Waals surface area (Å²) >= 11 is 0. The van der Waals surface area contributed by atoms with Crippen molar-refractivity contribution in [2.24, 2.45) is 5.73 Å². The number of para-hydroxylation sites is 1. The maximum atomic E-state index is 12.7. The van der Waals surface area contributed by atoms with Gasteiger partial charge in [-0.15, -0.1) is 0 Å². The number of carbonyl (C=O) groups excluding carboxylic acids is 2. The summed E-state index contributed by atoms with van der Waals surface area (Å²) < 4.78 is 6.02. The molecule has 5 nitrogen and oxygen atoms in total. The summed E-state index contributed by atoms with van der Waals surface area (Å²) in [7, 11) is 0. The molecule has 1 saturated carbocycles. The molecule has 2 aromatic carbocycles. The fourth-order valence-corrected chi connectivity index (χ4v) is 3.17. The minimum atomic E-state index is -0.515. The Morgan fingerprint density at radius 1 is 1.04 bits per heavy atom. The largest absolute Gasteiger partial charge is 0.490 e. The number of ether oxygens (including phenoxy) is 1. The lowest BCUT2D eigenvalue weighted by atomic mass is 10.1. The predicted octanol–water partition coefficient (Wildman–Crippen LogP) is 3.67. The molecule has 2 aromatic rings. The maximum absolute atomic E-state index is 12.7. The van der Waals surface area contributed by atoms with Crippen LogP contribution in [0.4, 0.5) is 5.69 Å². The number of hydrogen-bond donors (Lipinski definition) is 2. The van der Waals surface area contributed by atoms with E-state index in [-0.39, 0.29) is 12.0 Å². The summed E-state index contributed by atoms with van der Waals surface area (Å²) in [4.78, 5) is 24.2. The molecule has 0 unspecified atom stereocenters. The Hall–Kier alpha value is -2.82. The van der Waals surface area contributed by atoms with Gasteiger partial charge in [0, 0.05) is 11.3 Å². The Balaban J connectivity index is 1.82. The molecule has 0 aromatic heterocycles. The molecule has 0 atom stereocenters. The van der Waals surface area contributed by atoms with Crippen molar-refractivity contribution in [1.29, 1.82) is 0 Å². The van der Waals surface area contributed by atoms with Crippen LogP contribution >= 0.6 is 0 Å². The zero-order chi connectivity index (χ0) is 17.8. The number of hydrogen-bond acceptors (Lipinski definition) is 3. The SMILES string of the molecule is Cc1c(NC(=O)c2ccccc2OC2CCCC2)cccc1C(N)=O. The average Bonchev–Trinajstić information content (AvgIpc) is 3.10. The first-order valence-corrected chi connectivity index (χ1v) is 8.52. The van der Waals surface area contributed by atoms with Crippen molar-refractivity contribution in [2.45, 2.75) is 38.7 Å². The van der Waals surface area contributed by atoms with E-state index in [1.165, 1.54) is 0 Å². The summed E-state index contributed by atoms with van der Waals surface area (Å²) in [6.45, 7) is 1.76. The molecule has 0 bridgehead atoms. The van der Waals surface area contributed by atoms with Crippen LogP contribution < -0.4 is 15.8 Å². The first-order valence-electron chi connectivity index (χ1n) is 8.52. The monoisotopic (exact) mass is 338 g/mol. The zero-order valence-electron chi connectivity index (χ0n) is 14.2. The molecule has 0 saturated heterocycles. The first-order chi connectivity index (χ1) is 12.1. The molecule has 0 spiro atoms. The van der Waals surface area contributed by atoms with Gasteiger partial charge in [0.2, 0.25) is 5.91 Å². The summed E-state index contributed by atoms with van der Waals surface area (Å²) in [6, 6.07) is 12.3. The molecule has 3 rings (SSSR count). The van der Waals surface area contributed by atoms with E-state index in [0.717, 1.165) is 25.7 Å². The third kappa shape index (κ3) is 3.82. The first kappa shape index (κ1) is 17.0. The van der Waals surface area contributed by atoms with Crippen LogP contribution in [0.2, 0.25) is 0 Å². The minimum Gasteiger partial charge on any atom is -0.490 e. The number of anilines is 1. The van der Waals surface area contributed by atoms with Gasteiger partial charge in [-0.1, -0.05) is 18.2 Å². The quantitative estimate of drug-likeness (QED) is 0.873. The van der Waals surface area contributed by atoms with Crippen molar-refractivity contribution < 1.29 is 14.3 Å². The molecule has 25 heavy (non-hydrogen) atoms. The van der Waals surface area contributed by atoms with E-state index in [4.69, 9.17) is 10.5 Å². The van der Waals surface area contributed by atoms with Crippen molar-refractivity contribution >= 4 is 17.5 Å². The molecular weight excluding hydrogens is 316 g/mol. The van der Waals surface area contributed by atoms with E-state index in [0.29, 0.717) is 28.1 Å². The molecule has 5 heteroatoms. The topological polar surface area (TPSA) is 81.4 Å². The fourth-order valence-electron chi connectivity index (χ4n) is 3.17. The fraction of sp³-hybridized carbons (Fsp3) is 0.300. The Morgan fingerprint density at radius 3 is 2.44 bits per heavy atom. The van der Waals surface area contributed by atoms with Gasteiger partial charge in [0.25, 0.3) is 5.91 Å². The van der Waals surface area contributed by atoms with Gasteiger partial charge in [0.15, 0.2) is 0 Å². The molecule has 3 N–H and O–H groups in total. The Labute approximate surface area is 147 Å². The second-order valence-corrected chi connectivity index (χ2v) is 6.32. The van der Waals surface area contributed by atoms with Gasteiger partial charge in [0.1, 0.15) is 5.75 Å². The Kier molecular flexibility index (Phi) is 5.03. The highest BCUT2D eigenvalue weighted by atomic mass is 16.5. The number of primary amides is 1. The highest BCUT2D eigenvalue weighted by molar-refractivity contribution is 6.07. The molecule has 0 radical (unpaired) electrons. The van der Waals surface area contributed by atoms with Gasteiger partial charge in [-0.25, -0.2) is 0 Å². The van der Waals surface area contributed by atoms with Crippen LogP contribution in [-0.4, -0.2) is 17.9 Å². The van der Waals surface area contributed by atoms with Crippen molar-refractivity contribution in [1.82, 2.24) is 0 Å². The number of amides is 2. The lowest BCUT2D eigenvalue weighted by Crippen LogP contribution is -2.19. The van der Waals surface area contributed by atoms with E-state index in [1.54, 1.807) is 31.2 Å². The normalized spacial score (nSPS) is 14.3. The predicted molar refractivity (Wildman–Crippen MR) is 97.0 cm³/mol. The van der Waals surface area contributed by atoms with E-state index >= 15 is 0 Å². The van der Waals surface area contributed by atoms with E-state index < -0.39 is 5.91 Å². The number of nitrogens with two attached hydrogens (primary N) is 1. The van der Waals surface area contributed by atoms with Crippen molar-refractivity contribution in [3.05, 3.63) is 59.2 Å². The molecule has 1 fully saturated rings. The Morgan fingerprint density at radius 2 is 1.72 bits per heavy atom. The van der Waals surface area contributed by atoms with E-state index in [2.05, 4.69) is 5.32 Å². The van der Waals surface area contributed by atoms with Gasteiger partial charge in [-0.05, 0) is 62.4 Å². The van der Waals surface area contributed by atoms with Gasteiger partial charge < -0.3 is 15.8 Å². The van der Waals surface area contributed by atoms with Crippen LogP contribution in [0.15, 0.2) is 42.5 Å². The van der Waals surface area contributed by atoms with Gasteiger partial charge >= 0.3 is 0 Å². The van der Waals surface area contributed by atoms with Crippen molar-refractivity contribution in [3.63, 3.8) is 0 Å². The second-order valence-electron chi connectivity index (χ2n) is 6.32. The highest BCUT2D eigenvalue weighted by Crippen LogP contribution is 2.27. The smallest absolute Gasteiger partial charge is 0.259 e. The highest BCUT2D eigenvalue weighted by Gasteiger charge is 2.20. The molecular formula is C20H22N2O3. The molecule has 2 amide bonds. The Bertz CT molecular complexity index is 795. The third-order valence-electron chi connectivity index (χ3n) is 4.57. The molecule has 130 valence electrons. The van der Waals surface area contributed by atoms with Crippen molar-refractivity contribution in [2.75, 3.05) is 5.32 Å². The van der Waals surface area contributed by atoms with Crippen LogP contribution in [0, 0.1) is 6.92 Å². The molecule has 0 aliphatic heterocycles. The summed E-state index contributed by atoms with van der Waals surface area (Å²) in [5.74, 6) is -0.188. The van der Waals surface area contributed by atoms with Crippen LogP contribution in [0.5, 0.6) is 5.75 Å². The van der Waals surface area contributed by atoms with Crippen LogP contribution in [0.25, 0.3) is 0 Å². The van der Waals surface area contributed by atoms with Gasteiger partial charge in [0.05, 0.1) is 11.7 Å². The maximum Gasteiger partial charge on any atom is 0.259 e. The average molecular weight is 338 g/mol. The summed E-state index contributed by atoms with van der Waals surface area (Å²) in [5, 5.41) is 2.86. The van der Waals surface area contributed by atoms with Gasteiger partial charge in [-0.2, -0.15) is 0 Å². The van der Waals surface area contributed by atoms with Crippen LogP contribution in [0.3, 0.4) is 0 Å². The molecule has 1 aliphatic carbocycles. The van der Waals surface area contributed by atoms with Crippen LogP contribution in [0.1, 0.15) is 52.0 Å². The number of nitrogens with one attached hydrogen (secondary N) is 1. The molecule has 1 aliphatic rings. The summed E-state index contributed by atoms with van der Waals surface area (Å²) in [6.07, 6.45) is 4.55. The third-order valence-corrected chi connectivity index (χ3v) is 4.57. The lowest BCUT2D eigenvalue weighted by molar-refractivity contribution is 0.0994. The summed E-state index contributed by atoms with van der Waals surface area (Å²) in [5.41, 5.74) is 7.47. The number of benzene rings is 2. The second kappa shape index (κ2) is 7.38. The number of rotatable bonds is 5. The van der Waals surface area contributed by atoms with Gasteiger partial charge in [-0.3, -0.25) is 9.59 Å². The lowest BCUT2D eigenvalue weighted by Gasteiger charge is -2.17. The standard InChI is InChI=1S/C20H22N2O3/c1-13-15(19(21)23)10-6-11-17(13)22-20(24)16-9-4-5-12-18(16)25-14-7-2-3-8-14/h4-6,9-12,14H,2-3,7-8H2,1H3,(H2,21,23)(H,22,24). The molecule has 0 heterocycles.